The van der Waals surface area contributed by atoms with Gasteiger partial charge in [-0.3, -0.25) is 0 Å². The van der Waals surface area contributed by atoms with Crippen molar-refractivity contribution in [1.29, 1.82) is 0 Å². The molecule has 2 fully saturated rings. The van der Waals surface area contributed by atoms with Gasteiger partial charge in [-0.15, -0.1) is 0 Å². The zero-order valence-corrected chi connectivity index (χ0v) is 10.2. The smallest absolute Gasteiger partial charge is 0.0107 e. The number of rotatable bonds is 6. The average Bonchev–Trinajstić information content (AvgIpc) is 3.10. The molecule has 1 atom stereocenters. The van der Waals surface area contributed by atoms with Gasteiger partial charge in [0.05, 0.1) is 0 Å². The van der Waals surface area contributed by atoms with Gasteiger partial charge in [0, 0.05) is 19.1 Å². The van der Waals surface area contributed by atoms with Gasteiger partial charge in [-0.2, -0.15) is 0 Å². The van der Waals surface area contributed by atoms with E-state index in [1.165, 1.54) is 64.7 Å². The van der Waals surface area contributed by atoms with E-state index in [-0.39, 0.29) is 0 Å². The first-order valence-corrected chi connectivity index (χ1v) is 6.86. The topological polar surface area (TPSA) is 15.3 Å². The van der Waals surface area contributed by atoms with Crippen LogP contribution in [0.1, 0.15) is 45.4 Å². The summed E-state index contributed by atoms with van der Waals surface area (Å²) in [5.41, 5.74) is 0. The molecule has 15 heavy (non-hydrogen) atoms. The molecule has 2 aliphatic rings. The fraction of sp³-hybridized carbons (Fsp3) is 1.00. The Kier molecular flexibility index (Phi) is 4.45. The molecular formula is C13H26N2. The molecule has 1 aliphatic heterocycles. The molecule has 1 unspecified atom stereocenters. The summed E-state index contributed by atoms with van der Waals surface area (Å²) in [6.45, 7) is 7.46. The number of likely N-dealkylation sites (tertiary alicyclic amines) is 1. The van der Waals surface area contributed by atoms with Crippen LogP contribution in [-0.4, -0.2) is 37.1 Å². The summed E-state index contributed by atoms with van der Waals surface area (Å²) in [5, 5.41) is 3.74. The van der Waals surface area contributed by atoms with Crippen LogP contribution in [0.3, 0.4) is 0 Å². The van der Waals surface area contributed by atoms with Gasteiger partial charge < -0.3 is 10.2 Å². The third-order valence-corrected chi connectivity index (χ3v) is 3.91. The SMILES string of the molecule is CCC(NCCN1CCCCC1)C1CC1. The van der Waals surface area contributed by atoms with E-state index in [1.54, 1.807) is 0 Å². The minimum Gasteiger partial charge on any atom is -0.312 e. The van der Waals surface area contributed by atoms with E-state index in [9.17, 15) is 0 Å². The zero-order chi connectivity index (χ0) is 10.5. The summed E-state index contributed by atoms with van der Waals surface area (Å²) in [6, 6.07) is 0.815. The van der Waals surface area contributed by atoms with Crippen LogP contribution in [0, 0.1) is 5.92 Å². The maximum Gasteiger partial charge on any atom is 0.0107 e. The first kappa shape index (κ1) is 11.4. The lowest BCUT2D eigenvalue weighted by atomic mass is 10.1. The Morgan fingerprint density at radius 2 is 1.93 bits per heavy atom. The Bertz CT molecular complexity index is 171. The van der Waals surface area contributed by atoms with Crippen molar-refractivity contribution in [1.82, 2.24) is 10.2 Å². The summed E-state index contributed by atoms with van der Waals surface area (Å²) < 4.78 is 0. The van der Waals surface area contributed by atoms with Gasteiger partial charge >= 0.3 is 0 Å². The van der Waals surface area contributed by atoms with Crippen molar-refractivity contribution in [2.75, 3.05) is 26.2 Å². The van der Waals surface area contributed by atoms with E-state index in [4.69, 9.17) is 0 Å². The lowest BCUT2D eigenvalue weighted by molar-refractivity contribution is 0.224. The Morgan fingerprint density at radius 3 is 2.53 bits per heavy atom. The van der Waals surface area contributed by atoms with Crippen molar-refractivity contribution in [2.45, 2.75) is 51.5 Å². The van der Waals surface area contributed by atoms with Gasteiger partial charge in [0.2, 0.25) is 0 Å². The molecule has 2 nitrogen and oxygen atoms in total. The highest BCUT2D eigenvalue weighted by Gasteiger charge is 2.29. The Morgan fingerprint density at radius 1 is 1.20 bits per heavy atom. The second-order valence-electron chi connectivity index (χ2n) is 5.21. The molecule has 0 bridgehead atoms. The summed E-state index contributed by atoms with van der Waals surface area (Å²) in [4.78, 5) is 2.62. The van der Waals surface area contributed by atoms with E-state index >= 15 is 0 Å². The van der Waals surface area contributed by atoms with Crippen LogP contribution in [0.4, 0.5) is 0 Å². The van der Waals surface area contributed by atoms with Crippen LogP contribution in [0.5, 0.6) is 0 Å². The van der Waals surface area contributed by atoms with Gasteiger partial charge in [-0.05, 0) is 51.1 Å². The second kappa shape index (κ2) is 5.86. The predicted octanol–water partition coefficient (Wildman–Crippen LogP) is 2.25. The molecule has 0 amide bonds. The van der Waals surface area contributed by atoms with Gasteiger partial charge in [0.15, 0.2) is 0 Å². The van der Waals surface area contributed by atoms with E-state index < -0.39 is 0 Å². The highest BCUT2D eigenvalue weighted by molar-refractivity contribution is 4.85. The quantitative estimate of drug-likeness (QED) is 0.723. The maximum absolute atomic E-state index is 3.74. The fourth-order valence-corrected chi connectivity index (χ4v) is 2.73. The molecule has 0 aromatic rings. The molecule has 0 spiro atoms. The maximum atomic E-state index is 3.74. The minimum atomic E-state index is 0.815. The van der Waals surface area contributed by atoms with Gasteiger partial charge in [-0.25, -0.2) is 0 Å². The van der Waals surface area contributed by atoms with Crippen LogP contribution in [-0.2, 0) is 0 Å². The van der Waals surface area contributed by atoms with Crippen LogP contribution >= 0.6 is 0 Å². The molecule has 1 aliphatic carbocycles. The molecule has 1 saturated heterocycles. The molecule has 1 heterocycles. The minimum absolute atomic E-state index is 0.815. The molecule has 88 valence electrons. The van der Waals surface area contributed by atoms with E-state index in [0.29, 0.717) is 0 Å². The van der Waals surface area contributed by atoms with Crippen LogP contribution in [0.2, 0.25) is 0 Å². The van der Waals surface area contributed by atoms with E-state index in [1.807, 2.05) is 0 Å². The molecule has 1 N–H and O–H groups in total. The standard InChI is InChI=1S/C13H26N2/c1-2-13(12-6-7-12)14-8-11-15-9-4-3-5-10-15/h12-14H,2-11H2,1H3. The third-order valence-electron chi connectivity index (χ3n) is 3.91. The zero-order valence-electron chi connectivity index (χ0n) is 10.2. The van der Waals surface area contributed by atoms with Crippen molar-refractivity contribution in [3.63, 3.8) is 0 Å². The summed E-state index contributed by atoms with van der Waals surface area (Å²) in [5.74, 6) is 1.01. The summed E-state index contributed by atoms with van der Waals surface area (Å²) in [6.07, 6.45) is 8.53. The van der Waals surface area contributed by atoms with Gasteiger partial charge in [0.1, 0.15) is 0 Å². The molecule has 0 aromatic heterocycles. The van der Waals surface area contributed by atoms with Crippen LogP contribution in [0.15, 0.2) is 0 Å². The Labute approximate surface area is 94.4 Å². The van der Waals surface area contributed by atoms with Crippen molar-refractivity contribution in [3.05, 3.63) is 0 Å². The number of nitrogens with zero attached hydrogens (tertiary/aromatic N) is 1. The van der Waals surface area contributed by atoms with Crippen molar-refractivity contribution < 1.29 is 0 Å². The van der Waals surface area contributed by atoms with Gasteiger partial charge in [0.25, 0.3) is 0 Å². The number of hydrogen-bond donors (Lipinski definition) is 1. The lowest BCUT2D eigenvalue weighted by Gasteiger charge is -2.27. The van der Waals surface area contributed by atoms with Crippen molar-refractivity contribution in [2.24, 2.45) is 5.92 Å². The number of piperidine rings is 1. The van der Waals surface area contributed by atoms with Crippen molar-refractivity contribution >= 4 is 0 Å². The number of nitrogens with one attached hydrogen (secondary N) is 1. The average molecular weight is 210 g/mol. The predicted molar refractivity (Wildman–Crippen MR) is 65.1 cm³/mol. The highest BCUT2D eigenvalue weighted by atomic mass is 15.1. The lowest BCUT2D eigenvalue weighted by Crippen LogP contribution is -2.39. The van der Waals surface area contributed by atoms with Gasteiger partial charge in [-0.1, -0.05) is 13.3 Å². The molecule has 0 aromatic carbocycles. The summed E-state index contributed by atoms with van der Waals surface area (Å²) in [7, 11) is 0. The third kappa shape index (κ3) is 3.76. The highest BCUT2D eigenvalue weighted by Crippen LogP contribution is 2.33. The molecule has 0 radical (unpaired) electrons. The Balaban J connectivity index is 1.56. The largest absolute Gasteiger partial charge is 0.312 e. The van der Waals surface area contributed by atoms with Crippen molar-refractivity contribution in [3.8, 4) is 0 Å². The fourth-order valence-electron chi connectivity index (χ4n) is 2.73. The number of hydrogen-bond acceptors (Lipinski definition) is 2. The second-order valence-corrected chi connectivity index (χ2v) is 5.21. The monoisotopic (exact) mass is 210 g/mol. The normalized spacial score (nSPS) is 25.4. The first-order chi connectivity index (χ1) is 7.40. The van der Waals surface area contributed by atoms with E-state index in [2.05, 4.69) is 17.1 Å². The molecular weight excluding hydrogens is 184 g/mol. The molecule has 2 heteroatoms. The van der Waals surface area contributed by atoms with E-state index in [0.717, 1.165) is 12.0 Å². The van der Waals surface area contributed by atoms with Crippen LogP contribution < -0.4 is 5.32 Å². The first-order valence-electron chi connectivity index (χ1n) is 6.86. The molecule has 1 saturated carbocycles. The molecule has 2 rings (SSSR count). The van der Waals surface area contributed by atoms with Crippen LogP contribution in [0.25, 0.3) is 0 Å². The Hall–Kier alpha value is -0.0800. The summed E-state index contributed by atoms with van der Waals surface area (Å²) >= 11 is 0.